The molecule has 0 aliphatic rings. The van der Waals surface area contributed by atoms with E-state index < -0.39 is 0 Å². The average Bonchev–Trinajstić information content (AvgIpc) is 3.01. The van der Waals surface area contributed by atoms with E-state index in [1.165, 1.54) is 16.8 Å². The number of rotatable bonds is 10. The summed E-state index contributed by atoms with van der Waals surface area (Å²) in [6.45, 7) is 2.94. The Morgan fingerprint density at radius 2 is 0.846 bits per heavy atom. The van der Waals surface area contributed by atoms with Gasteiger partial charge in [-0.1, -0.05) is 110 Å². The van der Waals surface area contributed by atoms with E-state index in [9.17, 15) is 0 Å². The van der Waals surface area contributed by atoms with Crippen molar-refractivity contribution in [1.29, 1.82) is 0 Å². The van der Waals surface area contributed by atoms with Crippen LogP contribution in [0.2, 0.25) is 0 Å². The Morgan fingerprint density at radius 3 is 1.44 bits per heavy atom. The third-order valence-electron chi connectivity index (χ3n) is 6.64. The fourth-order valence-electron chi connectivity index (χ4n) is 4.67. The highest BCUT2D eigenvalue weighted by molar-refractivity contribution is 5.79. The lowest BCUT2D eigenvalue weighted by atomic mass is 10.0. The topological polar surface area (TPSA) is 6.48 Å². The lowest BCUT2D eigenvalue weighted by Crippen LogP contribution is -2.17. The SMILES string of the molecule is CC/C=C\C=C/CN(c1ccccc1)c1ccc(N(c2ccccc2)c2ccc(-c3ccccc3)cc2)cc1. The quantitative estimate of drug-likeness (QED) is 0.174. The van der Waals surface area contributed by atoms with Crippen LogP contribution < -0.4 is 9.80 Å². The highest BCUT2D eigenvalue weighted by Crippen LogP contribution is 2.37. The highest BCUT2D eigenvalue weighted by Gasteiger charge is 2.14. The van der Waals surface area contributed by atoms with Crippen molar-refractivity contribution < 1.29 is 0 Å². The van der Waals surface area contributed by atoms with Gasteiger partial charge < -0.3 is 9.80 Å². The Bertz CT molecular complexity index is 1470. The van der Waals surface area contributed by atoms with Gasteiger partial charge in [-0.2, -0.15) is 0 Å². The standard InChI is InChI=1S/C37H34N2/c1-2-3-4-5-15-30-38(33-18-11-7-12-19-33)34-26-28-37(29-27-34)39(35-20-13-8-14-21-35)36-24-22-32(23-25-36)31-16-9-6-10-17-31/h3-29H,2,30H2,1H3/b4-3-,15-5-. The molecule has 0 atom stereocenters. The number of anilines is 5. The monoisotopic (exact) mass is 506 g/mol. The van der Waals surface area contributed by atoms with Crippen molar-refractivity contribution >= 4 is 28.4 Å². The maximum atomic E-state index is 2.33. The van der Waals surface area contributed by atoms with Gasteiger partial charge in [-0.3, -0.25) is 0 Å². The van der Waals surface area contributed by atoms with Crippen LogP contribution in [-0.4, -0.2) is 6.54 Å². The first-order valence-corrected chi connectivity index (χ1v) is 13.6. The first kappa shape index (κ1) is 25.8. The molecule has 0 radical (unpaired) electrons. The maximum Gasteiger partial charge on any atom is 0.0463 e. The van der Waals surface area contributed by atoms with Crippen molar-refractivity contribution in [3.8, 4) is 11.1 Å². The van der Waals surface area contributed by atoms with Crippen molar-refractivity contribution in [2.24, 2.45) is 0 Å². The van der Waals surface area contributed by atoms with Gasteiger partial charge in [0.2, 0.25) is 0 Å². The maximum absolute atomic E-state index is 2.33. The van der Waals surface area contributed by atoms with Gasteiger partial charge in [0.1, 0.15) is 0 Å². The van der Waals surface area contributed by atoms with E-state index in [0.717, 1.165) is 35.7 Å². The van der Waals surface area contributed by atoms with Gasteiger partial charge in [-0.15, -0.1) is 0 Å². The third-order valence-corrected chi connectivity index (χ3v) is 6.64. The van der Waals surface area contributed by atoms with E-state index in [1.807, 2.05) is 0 Å². The van der Waals surface area contributed by atoms with Gasteiger partial charge in [0.05, 0.1) is 0 Å². The van der Waals surface area contributed by atoms with Crippen LogP contribution in [0, 0.1) is 0 Å². The summed E-state index contributed by atoms with van der Waals surface area (Å²) < 4.78 is 0. The molecule has 0 aromatic heterocycles. The van der Waals surface area contributed by atoms with Crippen LogP contribution in [0.1, 0.15) is 13.3 Å². The molecule has 5 rings (SSSR count). The first-order chi connectivity index (χ1) is 19.3. The van der Waals surface area contributed by atoms with Gasteiger partial charge in [0.15, 0.2) is 0 Å². The number of allylic oxidation sites excluding steroid dienone is 3. The molecule has 0 heterocycles. The molecule has 0 N–H and O–H groups in total. The molecule has 0 unspecified atom stereocenters. The molecule has 0 spiro atoms. The molecular formula is C37H34N2. The van der Waals surface area contributed by atoms with E-state index >= 15 is 0 Å². The lowest BCUT2D eigenvalue weighted by molar-refractivity contribution is 1.09. The highest BCUT2D eigenvalue weighted by atomic mass is 15.2. The van der Waals surface area contributed by atoms with E-state index in [2.05, 4.69) is 181 Å². The molecule has 5 aromatic carbocycles. The number of hydrogen-bond acceptors (Lipinski definition) is 2. The first-order valence-electron chi connectivity index (χ1n) is 13.6. The summed E-state index contributed by atoms with van der Waals surface area (Å²) >= 11 is 0. The van der Waals surface area contributed by atoms with E-state index in [4.69, 9.17) is 0 Å². The zero-order valence-electron chi connectivity index (χ0n) is 22.4. The van der Waals surface area contributed by atoms with Crippen LogP contribution >= 0.6 is 0 Å². The molecule has 5 aromatic rings. The van der Waals surface area contributed by atoms with Crippen molar-refractivity contribution in [2.75, 3.05) is 16.3 Å². The second-order valence-electron chi connectivity index (χ2n) is 9.31. The van der Waals surface area contributed by atoms with Crippen LogP contribution in [0.4, 0.5) is 28.4 Å². The normalized spacial score (nSPS) is 11.2. The zero-order chi connectivity index (χ0) is 26.7. The van der Waals surface area contributed by atoms with Crippen LogP contribution in [0.3, 0.4) is 0 Å². The summed E-state index contributed by atoms with van der Waals surface area (Å²) in [6, 6.07) is 49.3. The summed E-state index contributed by atoms with van der Waals surface area (Å²) in [7, 11) is 0. The fourth-order valence-corrected chi connectivity index (χ4v) is 4.67. The molecule has 39 heavy (non-hydrogen) atoms. The smallest absolute Gasteiger partial charge is 0.0463 e. The predicted molar refractivity (Wildman–Crippen MR) is 169 cm³/mol. The van der Waals surface area contributed by atoms with Crippen LogP contribution in [0.5, 0.6) is 0 Å². The van der Waals surface area contributed by atoms with Crippen molar-refractivity contribution in [3.63, 3.8) is 0 Å². The van der Waals surface area contributed by atoms with E-state index in [-0.39, 0.29) is 0 Å². The molecule has 0 amide bonds. The van der Waals surface area contributed by atoms with Crippen molar-refractivity contribution in [1.82, 2.24) is 0 Å². The van der Waals surface area contributed by atoms with E-state index in [0.29, 0.717) is 0 Å². The Labute approximate surface area is 232 Å². The van der Waals surface area contributed by atoms with Crippen molar-refractivity contribution in [2.45, 2.75) is 13.3 Å². The number of hydrogen-bond donors (Lipinski definition) is 0. The summed E-state index contributed by atoms with van der Waals surface area (Å²) in [6.07, 6.45) is 9.67. The largest absolute Gasteiger partial charge is 0.338 e. The predicted octanol–water partition coefficient (Wildman–Crippen LogP) is 10.5. The summed E-state index contributed by atoms with van der Waals surface area (Å²) in [5, 5.41) is 0. The van der Waals surface area contributed by atoms with Crippen molar-refractivity contribution in [3.05, 3.63) is 164 Å². The number of para-hydroxylation sites is 2. The molecule has 0 fully saturated rings. The Balaban J connectivity index is 1.47. The van der Waals surface area contributed by atoms with Crippen LogP contribution in [0.25, 0.3) is 11.1 Å². The third kappa shape index (κ3) is 6.55. The molecule has 0 aliphatic carbocycles. The molecule has 192 valence electrons. The molecule has 2 heteroatoms. The van der Waals surface area contributed by atoms with Gasteiger partial charge in [0, 0.05) is 35.0 Å². The molecule has 0 saturated heterocycles. The second kappa shape index (κ2) is 13.1. The summed E-state index contributed by atoms with van der Waals surface area (Å²) in [5.41, 5.74) is 8.13. The summed E-state index contributed by atoms with van der Waals surface area (Å²) in [5.74, 6) is 0. The minimum absolute atomic E-state index is 0.792. The number of nitrogens with zero attached hydrogens (tertiary/aromatic N) is 2. The molecule has 2 nitrogen and oxygen atoms in total. The Morgan fingerprint density at radius 1 is 0.436 bits per heavy atom. The Kier molecular flexibility index (Phi) is 8.68. The van der Waals surface area contributed by atoms with Crippen LogP contribution in [-0.2, 0) is 0 Å². The molecule has 0 saturated carbocycles. The number of benzene rings is 5. The molecule has 0 bridgehead atoms. The fraction of sp³-hybridized carbons (Fsp3) is 0.0811. The van der Waals surface area contributed by atoms with Gasteiger partial charge in [-0.25, -0.2) is 0 Å². The average molecular weight is 507 g/mol. The summed E-state index contributed by atoms with van der Waals surface area (Å²) in [4.78, 5) is 4.64. The van der Waals surface area contributed by atoms with E-state index in [1.54, 1.807) is 0 Å². The molecular weight excluding hydrogens is 472 g/mol. The van der Waals surface area contributed by atoms with Gasteiger partial charge in [-0.05, 0) is 78.2 Å². The van der Waals surface area contributed by atoms with Crippen LogP contribution in [0.15, 0.2) is 164 Å². The Hall–Kier alpha value is -4.82. The minimum Gasteiger partial charge on any atom is -0.338 e. The molecule has 0 aliphatic heterocycles. The second-order valence-corrected chi connectivity index (χ2v) is 9.31. The zero-order valence-corrected chi connectivity index (χ0v) is 22.4. The lowest BCUT2D eigenvalue weighted by Gasteiger charge is -2.28. The minimum atomic E-state index is 0.792. The van der Waals surface area contributed by atoms with Gasteiger partial charge >= 0.3 is 0 Å². The van der Waals surface area contributed by atoms with Gasteiger partial charge in [0.25, 0.3) is 0 Å².